The van der Waals surface area contributed by atoms with Crippen LogP contribution in [0.4, 0.5) is 0 Å². The molecule has 0 saturated carbocycles. The molecule has 1 aromatic carbocycles. The number of benzene rings is 1. The van der Waals surface area contributed by atoms with E-state index in [9.17, 15) is 4.79 Å². The molecule has 0 spiro atoms. The van der Waals surface area contributed by atoms with Gasteiger partial charge in [-0.1, -0.05) is 13.8 Å². The highest BCUT2D eigenvalue weighted by atomic mass is 16.5. The number of rotatable bonds is 6. The van der Waals surface area contributed by atoms with Crippen LogP contribution in [0.15, 0.2) is 24.3 Å². The third-order valence-electron chi connectivity index (χ3n) is 2.49. The molecule has 0 amide bonds. The van der Waals surface area contributed by atoms with E-state index in [0.29, 0.717) is 13.0 Å². The molecule has 1 rings (SSSR count). The van der Waals surface area contributed by atoms with Gasteiger partial charge in [0.25, 0.3) is 0 Å². The zero-order valence-electron chi connectivity index (χ0n) is 9.90. The Morgan fingerprint density at radius 3 is 2.44 bits per heavy atom. The topological polar surface area (TPSA) is 52.3 Å². The van der Waals surface area contributed by atoms with E-state index in [1.807, 2.05) is 26.0 Å². The van der Waals surface area contributed by atoms with Crippen molar-refractivity contribution in [3.63, 3.8) is 0 Å². The number of hydrogen-bond acceptors (Lipinski definition) is 3. The number of hydrogen-bond donors (Lipinski definition) is 1. The van der Waals surface area contributed by atoms with E-state index in [-0.39, 0.29) is 11.8 Å². The van der Waals surface area contributed by atoms with E-state index in [0.717, 1.165) is 17.7 Å². The first kappa shape index (κ1) is 12.7. The molecule has 0 bridgehead atoms. The second-order valence-corrected chi connectivity index (χ2v) is 3.78. The minimum atomic E-state index is 0.0666. The van der Waals surface area contributed by atoms with Crippen LogP contribution in [0.25, 0.3) is 0 Å². The molecule has 1 unspecified atom stereocenters. The van der Waals surface area contributed by atoms with Gasteiger partial charge < -0.3 is 10.5 Å². The molecule has 3 heteroatoms. The summed E-state index contributed by atoms with van der Waals surface area (Å²) in [5, 5.41) is 0. The lowest BCUT2D eigenvalue weighted by molar-refractivity contribution is 0.0988. The van der Waals surface area contributed by atoms with Gasteiger partial charge in [0.05, 0.1) is 0 Å². The lowest BCUT2D eigenvalue weighted by Crippen LogP contribution is -2.26. The molecular formula is C13H19NO2. The van der Waals surface area contributed by atoms with Gasteiger partial charge in [0, 0.05) is 18.0 Å². The number of Topliss-reactive ketones (excluding diaryl/α,β-unsaturated/α-hetero) is 1. The number of ether oxygens (including phenoxy) is 1. The number of nitrogens with two attached hydrogens (primary N) is 1. The molecule has 88 valence electrons. The molecular weight excluding hydrogens is 202 g/mol. The summed E-state index contributed by atoms with van der Waals surface area (Å²) >= 11 is 0. The standard InChI is InChI=1S/C13H19NO2/c1-3-11(14)9-16-12-7-5-10(6-8-12)13(15)4-2/h5-8,11H,3-4,9,14H2,1-2H3. The summed E-state index contributed by atoms with van der Waals surface area (Å²) in [6, 6.07) is 7.27. The van der Waals surface area contributed by atoms with Gasteiger partial charge in [-0.2, -0.15) is 0 Å². The molecule has 0 aromatic heterocycles. The van der Waals surface area contributed by atoms with Crippen LogP contribution in [0.5, 0.6) is 5.75 Å². The molecule has 2 N–H and O–H groups in total. The quantitative estimate of drug-likeness (QED) is 0.750. The highest BCUT2D eigenvalue weighted by molar-refractivity contribution is 5.95. The summed E-state index contributed by atoms with van der Waals surface area (Å²) in [4.78, 5) is 11.4. The van der Waals surface area contributed by atoms with E-state index >= 15 is 0 Å². The van der Waals surface area contributed by atoms with Crippen LogP contribution in [-0.4, -0.2) is 18.4 Å². The molecule has 0 aliphatic rings. The zero-order chi connectivity index (χ0) is 12.0. The van der Waals surface area contributed by atoms with E-state index in [1.165, 1.54) is 0 Å². The summed E-state index contributed by atoms with van der Waals surface area (Å²) in [5.74, 6) is 0.911. The van der Waals surface area contributed by atoms with Crippen LogP contribution in [0.1, 0.15) is 37.0 Å². The van der Waals surface area contributed by atoms with E-state index < -0.39 is 0 Å². The fourth-order valence-electron chi connectivity index (χ4n) is 1.26. The van der Waals surface area contributed by atoms with Crippen molar-refractivity contribution in [2.24, 2.45) is 5.73 Å². The summed E-state index contributed by atoms with van der Waals surface area (Å²) in [5.41, 5.74) is 6.47. The van der Waals surface area contributed by atoms with Crippen LogP contribution in [0.3, 0.4) is 0 Å². The first-order valence-electron chi connectivity index (χ1n) is 5.69. The molecule has 0 aliphatic heterocycles. The Hall–Kier alpha value is -1.35. The van der Waals surface area contributed by atoms with Gasteiger partial charge in [-0.25, -0.2) is 0 Å². The van der Waals surface area contributed by atoms with E-state index in [4.69, 9.17) is 10.5 Å². The summed E-state index contributed by atoms with van der Waals surface area (Å²) in [7, 11) is 0. The Balaban J connectivity index is 2.54. The van der Waals surface area contributed by atoms with Crippen LogP contribution < -0.4 is 10.5 Å². The maximum atomic E-state index is 11.4. The average molecular weight is 221 g/mol. The van der Waals surface area contributed by atoms with Crippen LogP contribution >= 0.6 is 0 Å². The lowest BCUT2D eigenvalue weighted by Gasteiger charge is -2.11. The van der Waals surface area contributed by atoms with Crippen molar-refractivity contribution in [1.82, 2.24) is 0 Å². The monoisotopic (exact) mass is 221 g/mol. The third-order valence-corrected chi connectivity index (χ3v) is 2.49. The molecule has 1 atom stereocenters. The fourth-order valence-corrected chi connectivity index (χ4v) is 1.26. The van der Waals surface area contributed by atoms with Gasteiger partial charge in [-0.15, -0.1) is 0 Å². The summed E-state index contributed by atoms with van der Waals surface area (Å²) in [6.07, 6.45) is 1.42. The van der Waals surface area contributed by atoms with Gasteiger partial charge in [0.2, 0.25) is 0 Å². The van der Waals surface area contributed by atoms with Crippen LogP contribution in [0, 0.1) is 0 Å². The van der Waals surface area contributed by atoms with Crippen molar-refractivity contribution in [2.75, 3.05) is 6.61 Å². The second kappa shape index (κ2) is 6.28. The number of carbonyl (C=O) groups excluding carboxylic acids is 1. The molecule has 0 fully saturated rings. The molecule has 0 saturated heterocycles. The van der Waals surface area contributed by atoms with Crippen molar-refractivity contribution < 1.29 is 9.53 Å². The van der Waals surface area contributed by atoms with Gasteiger partial charge in [0.1, 0.15) is 12.4 Å². The van der Waals surface area contributed by atoms with Crippen molar-refractivity contribution in [3.8, 4) is 5.75 Å². The summed E-state index contributed by atoms with van der Waals surface area (Å²) in [6.45, 7) is 4.39. The predicted molar refractivity (Wildman–Crippen MR) is 64.8 cm³/mol. The smallest absolute Gasteiger partial charge is 0.162 e. The zero-order valence-corrected chi connectivity index (χ0v) is 9.90. The maximum absolute atomic E-state index is 11.4. The maximum Gasteiger partial charge on any atom is 0.162 e. The molecule has 0 heterocycles. The first-order valence-corrected chi connectivity index (χ1v) is 5.69. The fraction of sp³-hybridized carbons (Fsp3) is 0.462. The lowest BCUT2D eigenvalue weighted by atomic mass is 10.1. The highest BCUT2D eigenvalue weighted by Gasteiger charge is 2.04. The Morgan fingerprint density at radius 1 is 1.31 bits per heavy atom. The second-order valence-electron chi connectivity index (χ2n) is 3.78. The van der Waals surface area contributed by atoms with Crippen molar-refractivity contribution >= 4 is 5.78 Å². The number of carbonyl (C=O) groups is 1. The van der Waals surface area contributed by atoms with Gasteiger partial charge in [0.15, 0.2) is 5.78 Å². The SMILES string of the molecule is CCC(=O)c1ccc(OCC(N)CC)cc1. The van der Waals surface area contributed by atoms with Gasteiger partial charge >= 0.3 is 0 Å². The average Bonchev–Trinajstić information content (AvgIpc) is 2.35. The Bertz CT molecular complexity index is 332. The molecule has 0 aliphatic carbocycles. The Kier molecular flexibility index (Phi) is 4.99. The molecule has 3 nitrogen and oxygen atoms in total. The van der Waals surface area contributed by atoms with Crippen molar-refractivity contribution in [3.05, 3.63) is 29.8 Å². The number of ketones is 1. The minimum absolute atomic E-state index is 0.0666. The normalized spacial score (nSPS) is 12.2. The Morgan fingerprint density at radius 2 is 1.94 bits per heavy atom. The first-order chi connectivity index (χ1) is 7.67. The summed E-state index contributed by atoms with van der Waals surface area (Å²) < 4.78 is 5.49. The van der Waals surface area contributed by atoms with Crippen LogP contribution in [-0.2, 0) is 0 Å². The van der Waals surface area contributed by atoms with Crippen molar-refractivity contribution in [1.29, 1.82) is 0 Å². The highest BCUT2D eigenvalue weighted by Crippen LogP contribution is 2.13. The van der Waals surface area contributed by atoms with Crippen LogP contribution in [0.2, 0.25) is 0 Å². The molecule has 1 aromatic rings. The van der Waals surface area contributed by atoms with E-state index in [1.54, 1.807) is 12.1 Å². The molecule has 16 heavy (non-hydrogen) atoms. The Labute approximate surface area is 96.6 Å². The van der Waals surface area contributed by atoms with E-state index in [2.05, 4.69) is 0 Å². The minimum Gasteiger partial charge on any atom is -0.492 e. The predicted octanol–water partition coefficient (Wildman–Crippen LogP) is 2.40. The van der Waals surface area contributed by atoms with Gasteiger partial charge in [-0.3, -0.25) is 4.79 Å². The largest absolute Gasteiger partial charge is 0.492 e. The van der Waals surface area contributed by atoms with Gasteiger partial charge in [-0.05, 0) is 30.7 Å². The van der Waals surface area contributed by atoms with Crippen molar-refractivity contribution in [2.45, 2.75) is 32.7 Å². The molecule has 0 radical (unpaired) electrons. The third kappa shape index (κ3) is 3.66.